The monoisotopic (exact) mass is 467 g/mol. The largest absolute Gasteiger partial charge is 0.350 e. The molecule has 2 aliphatic heterocycles. The summed E-state index contributed by atoms with van der Waals surface area (Å²) < 4.78 is 13.1. The lowest BCUT2D eigenvalue weighted by atomic mass is 9.97. The van der Waals surface area contributed by atoms with Crippen molar-refractivity contribution in [2.24, 2.45) is 0 Å². The molecule has 2 heterocycles. The van der Waals surface area contributed by atoms with Gasteiger partial charge >= 0.3 is 6.03 Å². The number of halogens is 1. The Morgan fingerprint density at radius 3 is 2.44 bits per heavy atom. The second-order valence-electron chi connectivity index (χ2n) is 8.68. The van der Waals surface area contributed by atoms with E-state index < -0.39 is 18.1 Å². The molecular weight excluding hydrogens is 437 g/mol. The first-order valence-electron chi connectivity index (χ1n) is 11.6. The zero-order valence-electron chi connectivity index (χ0n) is 19.4. The van der Waals surface area contributed by atoms with Crippen LogP contribution in [0.1, 0.15) is 25.0 Å². The van der Waals surface area contributed by atoms with Crippen LogP contribution in [0, 0.1) is 5.82 Å². The Hall–Kier alpha value is -3.30. The van der Waals surface area contributed by atoms with Crippen molar-refractivity contribution in [3.63, 3.8) is 0 Å². The number of nitrogens with one attached hydrogen (secondary N) is 2. The Kier molecular flexibility index (Phi) is 7.23. The number of amides is 4. The molecule has 4 rings (SSSR count). The summed E-state index contributed by atoms with van der Waals surface area (Å²) >= 11 is 0. The van der Waals surface area contributed by atoms with Crippen LogP contribution in [-0.4, -0.2) is 70.4 Å². The first-order chi connectivity index (χ1) is 16.4. The summed E-state index contributed by atoms with van der Waals surface area (Å²) in [4.78, 5) is 42.4. The zero-order chi connectivity index (χ0) is 24.2. The number of hydrazine groups is 1. The minimum atomic E-state index is -0.557. The van der Waals surface area contributed by atoms with Crippen molar-refractivity contribution in [1.29, 1.82) is 0 Å². The molecule has 3 unspecified atom stereocenters. The van der Waals surface area contributed by atoms with Gasteiger partial charge in [0.25, 0.3) is 5.91 Å². The van der Waals surface area contributed by atoms with Gasteiger partial charge in [-0.2, -0.15) is 0 Å². The third-order valence-electron chi connectivity index (χ3n) is 6.42. The summed E-state index contributed by atoms with van der Waals surface area (Å²) in [5.41, 5.74) is 5.06. The Balaban J connectivity index is 1.49. The molecule has 0 saturated carbocycles. The second kappa shape index (κ2) is 10.3. The number of hydrogen-bond donors (Lipinski definition) is 2. The van der Waals surface area contributed by atoms with Gasteiger partial charge in [0.15, 0.2) is 0 Å². The number of imide groups is 1. The fourth-order valence-electron chi connectivity index (χ4n) is 4.70. The molecule has 2 aliphatic rings. The van der Waals surface area contributed by atoms with Crippen LogP contribution in [0.15, 0.2) is 54.6 Å². The van der Waals surface area contributed by atoms with Crippen molar-refractivity contribution in [2.75, 3.05) is 19.6 Å². The molecule has 3 atom stereocenters. The van der Waals surface area contributed by atoms with Gasteiger partial charge in [-0.1, -0.05) is 49.4 Å². The van der Waals surface area contributed by atoms with Crippen molar-refractivity contribution in [1.82, 2.24) is 25.6 Å². The third kappa shape index (κ3) is 4.95. The van der Waals surface area contributed by atoms with Gasteiger partial charge in [0.05, 0.1) is 6.04 Å². The number of likely N-dealkylation sites (N-methyl/N-ethyl adjacent to an activating group) is 1. The molecule has 0 bridgehead atoms. The first-order valence-corrected chi connectivity index (χ1v) is 11.6. The van der Waals surface area contributed by atoms with E-state index in [-0.39, 0.29) is 43.3 Å². The lowest BCUT2D eigenvalue weighted by Gasteiger charge is -2.43. The van der Waals surface area contributed by atoms with Crippen LogP contribution >= 0.6 is 0 Å². The van der Waals surface area contributed by atoms with Crippen LogP contribution in [0.4, 0.5) is 9.18 Å². The third-order valence-corrected chi connectivity index (χ3v) is 6.42. The average molecular weight is 468 g/mol. The maximum Gasteiger partial charge on any atom is 0.327 e. The van der Waals surface area contributed by atoms with Crippen molar-refractivity contribution in [3.8, 4) is 0 Å². The fourth-order valence-corrected chi connectivity index (χ4v) is 4.70. The van der Waals surface area contributed by atoms with E-state index in [1.165, 1.54) is 21.9 Å². The van der Waals surface area contributed by atoms with Crippen LogP contribution in [0.5, 0.6) is 0 Å². The number of rotatable bonds is 8. The molecule has 2 saturated heterocycles. The molecule has 2 aromatic carbocycles. The topological polar surface area (TPSA) is 85.0 Å². The van der Waals surface area contributed by atoms with E-state index in [4.69, 9.17) is 0 Å². The number of carbonyl (C=O) groups is 3. The summed E-state index contributed by atoms with van der Waals surface area (Å²) in [7, 11) is 0. The van der Waals surface area contributed by atoms with Gasteiger partial charge < -0.3 is 10.2 Å². The van der Waals surface area contributed by atoms with Crippen molar-refractivity contribution in [3.05, 3.63) is 71.5 Å². The van der Waals surface area contributed by atoms with E-state index in [2.05, 4.69) is 10.7 Å². The maximum absolute atomic E-state index is 13.5. The fraction of sp³-hybridized carbons (Fsp3) is 0.400. The number of nitrogens with zero attached hydrogens (tertiary/aromatic N) is 3. The van der Waals surface area contributed by atoms with E-state index >= 15 is 0 Å². The normalized spacial score (nSPS) is 22.7. The number of benzene rings is 2. The molecular formula is C25H30FN5O3. The highest BCUT2D eigenvalue weighted by Crippen LogP contribution is 2.28. The molecule has 4 amide bonds. The molecule has 180 valence electrons. The smallest absolute Gasteiger partial charge is 0.327 e. The van der Waals surface area contributed by atoms with Gasteiger partial charge in [0.1, 0.15) is 18.4 Å². The predicted molar refractivity (Wildman–Crippen MR) is 125 cm³/mol. The Morgan fingerprint density at radius 2 is 1.76 bits per heavy atom. The highest BCUT2D eigenvalue weighted by Gasteiger charge is 2.54. The molecule has 0 spiro atoms. The quantitative estimate of drug-likeness (QED) is 0.620. The van der Waals surface area contributed by atoms with Gasteiger partial charge in [-0.3, -0.25) is 14.5 Å². The van der Waals surface area contributed by atoms with Gasteiger partial charge in [-0.25, -0.2) is 19.6 Å². The van der Waals surface area contributed by atoms with Gasteiger partial charge in [-0.05, 0) is 36.6 Å². The minimum Gasteiger partial charge on any atom is -0.350 e. The van der Waals surface area contributed by atoms with Crippen molar-refractivity contribution >= 4 is 17.8 Å². The van der Waals surface area contributed by atoms with Crippen molar-refractivity contribution < 1.29 is 18.8 Å². The molecule has 0 aromatic heterocycles. The second-order valence-corrected chi connectivity index (χ2v) is 8.68. The lowest BCUT2D eigenvalue weighted by Crippen LogP contribution is -2.68. The molecule has 8 nitrogen and oxygen atoms in total. The average Bonchev–Trinajstić information content (AvgIpc) is 3.18. The molecule has 2 N–H and O–H groups in total. The summed E-state index contributed by atoms with van der Waals surface area (Å²) in [5, 5.41) is 4.65. The summed E-state index contributed by atoms with van der Waals surface area (Å²) in [6, 6.07) is 13.9. The molecule has 2 aromatic rings. The van der Waals surface area contributed by atoms with E-state index in [0.717, 1.165) is 11.1 Å². The highest BCUT2D eigenvalue weighted by molar-refractivity contribution is 6.02. The number of carbonyl (C=O) groups excluding carboxylic acids is 3. The summed E-state index contributed by atoms with van der Waals surface area (Å²) in [6.07, 6.45) is 0.537. The predicted octanol–water partition coefficient (Wildman–Crippen LogP) is 1.91. The summed E-state index contributed by atoms with van der Waals surface area (Å²) in [5.74, 6) is -0.924. The molecule has 9 heteroatoms. The number of hydrogen-bond acceptors (Lipinski definition) is 5. The Morgan fingerprint density at radius 1 is 1.06 bits per heavy atom. The van der Waals surface area contributed by atoms with Gasteiger partial charge in [-0.15, -0.1) is 0 Å². The lowest BCUT2D eigenvalue weighted by molar-refractivity contribution is -0.140. The Labute approximate surface area is 198 Å². The minimum absolute atomic E-state index is 0.167. The number of urea groups is 1. The SMILES string of the molecule is CCN1NC(C)C2C1C(=O)N(CCc1ccccc1)C(=O)N2CC(=O)NCc1ccc(F)cc1. The molecule has 0 radical (unpaired) electrons. The van der Waals surface area contributed by atoms with Gasteiger partial charge in [0, 0.05) is 25.7 Å². The molecule has 0 aliphatic carbocycles. The standard InChI is InChI=1S/C25H30FN5O3/c1-3-31-23-22(17(2)28-31)30(16-21(32)27-15-19-9-11-20(26)12-10-19)25(34)29(24(23)33)14-13-18-7-5-4-6-8-18/h4-12,17,22-23,28H,3,13-16H2,1-2H3,(H,27,32). The van der Waals surface area contributed by atoms with E-state index in [9.17, 15) is 18.8 Å². The summed E-state index contributed by atoms with van der Waals surface area (Å²) in [6.45, 7) is 4.74. The van der Waals surface area contributed by atoms with Crippen molar-refractivity contribution in [2.45, 2.75) is 44.9 Å². The maximum atomic E-state index is 13.5. The molecule has 2 fully saturated rings. The van der Waals surface area contributed by atoms with Crippen LogP contribution in [0.25, 0.3) is 0 Å². The molecule has 34 heavy (non-hydrogen) atoms. The van der Waals surface area contributed by atoms with Gasteiger partial charge in [0.2, 0.25) is 5.91 Å². The zero-order valence-corrected chi connectivity index (χ0v) is 19.4. The Bertz CT molecular complexity index is 1030. The highest BCUT2D eigenvalue weighted by atomic mass is 19.1. The van der Waals surface area contributed by atoms with Crippen LogP contribution in [0.3, 0.4) is 0 Å². The van der Waals surface area contributed by atoms with E-state index in [1.54, 1.807) is 12.1 Å². The van der Waals surface area contributed by atoms with E-state index in [0.29, 0.717) is 13.0 Å². The number of fused-ring (bicyclic) bond motifs is 1. The first kappa shape index (κ1) is 23.8. The van der Waals surface area contributed by atoms with Crippen LogP contribution in [-0.2, 0) is 22.6 Å². The van der Waals surface area contributed by atoms with E-state index in [1.807, 2.05) is 49.2 Å². The van der Waals surface area contributed by atoms with Crippen LogP contribution < -0.4 is 10.7 Å². The van der Waals surface area contributed by atoms with Crippen LogP contribution in [0.2, 0.25) is 0 Å².